The SMILES string of the molecule is CCOC(=O)C(C)Oc1cc(OC)ccc1[C@H](C)O. The number of esters is 1. The maximum atomic E-state index is 11.5. The van der Waals surface area contributed by atoms with Crippen LogP contribution in [-0.2, 0) is 9.53 Å². The van der Waals surface area contributed by atoms with Crippen molar-refractivity contribution < 1.29 is 24.1 Å². The van der Waals surface area contributed by atoms with E-state index in [1.54, 1.807) is 39.0 Å². The van der Waals surface area contributed by atoms with Gasteiger partial charge in [0.25, 0.3) is 0 Å². The Bertz CT molecular complexity index is 428. The van der Waals surface area contributed by atoms with Crippen LogP contribution in [0.2, 0.25) is 0 Å². The minimum absolute atomic E-state index is 0.300. The van der Waals surface area contributed by atoms with E-state index in [2.05, 4.69) is 0 Å². The summed E-state index contributed by atoms with van der Waals surface area (Å²) in [4.78, 5) is 11.5. The van der Waals surface area contributed by atoms with Crippen LogP contribution in [0.3, 0.4) is 0 Å². The number of rotatable bonds is 6. The molecule has 106 valence electrons. The van der Waals surface area contributed by atoms with Crippen LogP contribution in [0.15, 0.2) is 18.2 Å². The van der Waals surface area contributed by atoms with E-state index in [0.717, 1.165) is 0 Å². The molecule has 1 rings (SSSR count). The molecule has 5 nitrogen and oxygen atoms in total. The Morgan fingerprint density at radius 1 is 1.37 bits per heavy atom. The average molecular weight is 268 g/mol. The van der Waals surface area contributed by atoms with Crippen LogP contribution in [0, 0.1) is 0 Å². The first kappa shape index (κ1) is 15.3. The minimum atomic E-state index is -0.746. The van der Waals surface area contributed by atoms with Crippen molar-refractivity contribution in [2.45, 2.75) is 33.0 Å². The van der Waals surface area contributed by atoms with Crippen LogP contribution in [0.4, 0.5) is 0 Å². The molecule has 19 heavy (non-hydrogen) atoms. The number of ether oxygens (including phenoxy) is 3. The molecule has 0 saturated heterocycles. The molecular formula is C14H20O5. The van der Waals surface area contributed by atoms with Crippen molar-refractivity contribution in [3.8, 4) is 11.5 Å². The molecule has 1 aromatic carbocycles. The molecule has 0 aliphatic carbocycles. The van der Waals surface area contributed by atoms with Gasteiger partial charge < -0.3 is 19.3 Å². The zero-order valence-corrected chi connectivity index (χ0v) is 11.7. The van der Waals surface area contributed by atoms with Gasteiger partial charge in [0, 0.05) is 11.6 Å². The largest absolute Gasteiger partial charge is 0.497 e. The molecule has 0 aliphatic rings. The van der Waals surface area contributed by atoms with E-state index in [0.29, 0.717) is 23.7 Å². The molecule has 1 unspecified atom stereocenters. The standard InChI is InChI=1S/C14H20O5/c1-5-18-14(16)10(3)19-13-8-11(17-4)6-7-12(13)9(2)15/h6-10,15H,5H2,1-4H3/t9-,10?/m0/s1. The van der Waals surface area contributed by atoms with Gasteiger partial charge in [0.2, 0.25) is 0 Å². The van der Waals surface area contributed by atoms with Gasteiger partial charge in [-0.1, -0.05) is 0 Å². The second-order valence-electron chi connectivity index (χ2n) is 4.09. The molecule has 0 spiro atoms. The van der Waals surface area contributed by atoms with Crippen molar-refractivity contribution in [3.05, 3.63) is 23.8 Å². The second kappa shape index (κ2) is 6.99. The van der Waals surface area contributed by atoms with Gasteiger partial charge in [0.1, 0.15) is 11.5 Å². The molecule has 0 aromatic heterocycles. The lowest BCUT2D eigenvalue weighted by Crippen LogP contribution is -2.26. The number of methoxy groups -OCH3 is 1. The molecule has 1 N–H and O–H groups in total. The monoisotopic (exact) mass is 268 g/mol. The Morgan fingerprint density at radius 2 is 2.05 bits per heavy atom. The van der Waals surface area contributed by atoms with E-state index < -0.39 is 18.2 Å². The Kier molecular flexibility index (Phi) is 5.63. The molecule has 0 bridgehead atoms. The van der Waals surface area contributed by atoms with Gasteiger partial charge in [0.05, 0.1) is 19.8 Å². The zero-order valence-electron chi connectivity index (χ0n) is 11.7. The van der Waals surface area contributed by atoms with E-state index in [4.69, 9.17) is 14.2 Å². The second-order valence-corrected chi connectivity index (χ2v) is 4.09. The van der Waals surface area contributed by atoms with E-state index >= 15 is 0 Å². The van der Waals surface area contributed by atoms with Crippen molar-refractivity contribution in [3.63, 3.8) is 0 Å². The summed E-state index contributed by atoms with van der Waals surface area (Å²) in [5, 5.41) is 9.69. The Morgan fingerprint density at radius 3 is 2.58 bits per heavy atom. The number of carbonyl (C=O) groups is 1. The van der Waals surface area contributed by atoms with Gasteiger partial charge in [-0.3, -0.25) is 0 Å². The molecule has 0 radical (unpaired) electrons. The zero-order chi connectivity index (χ0) is 14.4. The summed E-state index contributed by atoms with van der Waals surface area (Å²) in [6.07, 6.45) is -1.44. The van der Waals surface area contributed by atoms with Gasteiger partial charge in [-0.05, 0) is 32.9 Å². The Balaban J connectivity index is 2.94. The van der Waals surface area contributed by atoms with Crippen LogP contribution in [0.5, 0.6) is 11.5 Å². The number of benzene rings is 1. The Labute approximate surface area is 113 Å². The van der Waals surface area contributed by atoms with Gasteiger partial charge in [0.15, 0.2) is 6.10 Å². The van der Waals surface area contributed by atoms with Crippen LogP contribution in [0.1, 0.15) is 32.4 Å². The van der Waals surface area contributed by atoms with E-state index in [-0.39, 0.29) is 0 Å². The smallest absolute Gasteiger partial charge is 0.347 e. The van der Waals surface area contributed by atoms with E-state index in [9.17, 15) is 9.90 Å². The fraction of sp³-hybridized carbons (Fsp3) is 0.500. The molecule has 0 saturated carbocycles. The molecule has 5 heteroatoms. The third-order valence-electron chi connectivity index (χ3n) is 2.59. The van der Waals surface area contributed by atoms with E-state index in [1.165, 1.54) is 7.11 Å². The molecule has 0 fully saturated rings. The summed E-state index contributed by atoms with van der Waals surface area (Å²) >= 11 is 0. The number of aliphatic hydroxyl groups is 1. The quantitative estimate of drug-likeness (QED) is 0.800. The summed E-state index contributed by atoms with van der Waals surface area (Å²) < 4.78 is 15.5. The molecule has 0 heterocycles. The molecular weight excluding hydrogens is 248 g/mol. The van der Waals surface area contributed by atoms with Crippen LogP contribution in [0.25, 0.3) is 0 Å². The molecule has 2 atom stereocenters. The third kappa shape index (κ3) is 4.13. The summed E-state index contributed by atoms with van der Waals surface area (Å²) in [5.74, 6) is 0.562. The summed E-state index contributed by atoms with van der Waals surface area (Å²) in [5.41, 5.74) is 0.594. The normalized spacial score (nSPS) is 13.5. The first-order valence-corrected chi connectivity index (χ1v) is 6.18. The van der Waals surface area contributed by atoms with Gasteiger partial charge >= 0.3 is 5.97 Å². The molecule has 1 aromatic rings. The first-order chi connectivity index (χ1) is 8.99. The van der Waals surface area contributed by atoms with Gasteiger partial charge in [-0.15, -0.1) is 0 Å². The lowest BCUT2D eigenvalue weighted by atomic mass is 10.1. The Hall–Kier alpha value is -1.75. The highest BCUT2D eigenvalue weighted by Gasteiger charge is 2.19. The number of carbonyl (C=O) groups excluding carboxylic acids is 1. The van der Waals surface area contributed by atoms with Gasteiger partial charge in [-0.2, -0.15) is 0 Å². The van der Waals surface area contributed by atoms with E-state index in [1.807, 2.05) is 0 Å². The lowest BCUT2D eigenvalue weighted by molar-refractivity contribution is -0.150. The highest BCUT2D eigenvalue weighted by Crippen LogP contribution is 2.30. The maximum Gasteiger partial charge on any atom is 0.347 e. The fourth-order valence-electron chi connectivity index (χ4n) is 1.59. The van der Waals surface area contributed by atoms with Crippen molar-refractivity contribution in [1.29, 1.82) is 0 Å². The van der Waals surface area contributed by atoms with Crippen LogP contribution < -0.4 is 9.47 Å². The molecule has 0 amide bonds. The average Bonchev–Trinajstić information content (AvgIpc) is 2.38. The predicted octanol–water partition coefficient (Wildman–Crippen LogP) is 2.08. The maximum absolute atomic E-state index is 11.5. The topological polar surface area (TPSA) is 65.0 Å². The predicted molar refractivity (Wildman–Crippen MR) is 70.4 cm³/mol. The number of hydrogen-bond acceptors (Lipinski definition) is 5. The lowest BCUT2D eigenvalue weighted by Gasteiger charge is -2.18. The molecule has 0 aliphatic heterocycles. The number of hydrogen-bond donors (Lipinski definition) is 1. The van der Waals surface area contributed by atoms with Crippen molar-refractivity contribution in [1.82, 2.24) is 0 Å². The summed E-state index contributed by atoms with van der Waals surface area (Å²) in [6.45, 7) is 5.26. The highest BCUT2D eigenvalue weighted by atomic mass is 16.6. The van der Waals surface area contributed by atoms with Crippen LogP contribution in [-0.4, -0.2) is 30.9 Å². The van der Waals surface area contributed by atoms with Crippen molar-refractivity contribution in [2.75, 3.05) is 13.7 Å². The first-order valence-electron chi connectivity index (χ1n) is 6.18. The van der Waals surface area contributed by atoms with Crippen molar-refractivity contribution >= 4 is 5.97 Å². The third-order valence-corrected chi connectivity index (χ3v) is 2.59. The number of aliphatic hydroxyl groups excluding tert-OH is 1. The summed E-state index contributed by atoms with van der Waals surface area (Å²) in [7, 11) is 1.54. The van der Waals surface area contributed by atoms with Crippen molar-refractivity contribution in [2.24, 2.45) is 0 Å². The highest BCUT2D eigenvalue weighted by molar-refractivity contribution is 5.74. The van der Waals surface area contributed by atoms with Crippen LogP contribution >= 0.6 is 0 Å². The fourth-order valence-corrected chi connectivity index (χ4v) is 1.59. The minimum Gasteiger partial charge on any atom is -0.497 e. The summed E-state index contributed by atoms with van der Waals surface area (Å²) in [6, 6.07) is 5.07. The van der Waals surface area contributed by atoms with Gasteiger partial charge in [-0.25, -0.2) is 4.79 Å².